The van der Waals surface area contributed by atoms with Gasteiger partial charge in [0, 0.05) is 11.5 Å². The van der Waals surface area contributed by atoms with Gasteiger partial charge in [0.25, 0.3) is 0 Å². The third kappa shape index (κ3) is 4.05. The van der Waals surface area contributed by atoms with Crippen molar-refractivity contribution in [3.8, 4) is 5.69 Å². The number of nitrogen functional groups attached to an aromatic ring is 1. The first-order valence-corrected chi connectivity index (χ1v) is 7.43. The van der Waals surface area contributed by atoms with Crippen LogP contribution in [0.1, 0.15) is 51.3 Å². The minimum absolute atomic E-state index is 0. The highest BCUT2D eigenvalue weighted by molar-refractivity contribution is 5.85. The fraction of sp³-hybridized carbons (Fsp3) is 0.412. The van der Waals surface area contributed by atoms with Crippen LogP contribution in [-0.4, -0.2) is 20.9 Å². The van der Waals surface area contributed by atoms with E-state index in [-0.39, 0.29) is 17.8 Å². The lowest BCUT2D eigenvalue weighted by atomic mass is 9.92. The van der Waals surface area contributed by atoms with E-state index in [9.17, 15) is 9.90 Å². The molecule has 0 amide bonds. The van der Waals surface area contributed by atoms with Crippen molar-refractivity contribution in [2.24, 2.45) is 0 Å². The number of hydrogen-bond acceptors (Lipinski definition) is 3. The molecule has 1 heterocycles. The lowest BCUT2D eigenvalue weighted by Crippen LogP contribution is -2.13. The summed E-state index contributed by atoms with van der Waals surface area (Å²) in [5, 5.41) is 13.8. The number of anilines is 1. The fourth-order valence-electron chi connectivity index (χ4n) is 2.37. The van der Waals surface area contributed by atoms with E-state index in [2.05, 4.69) is 25.9 Å². The van der Waals surface area contributed by atoms with E-state index < -0.39 is 11.9 Å². The van der Waals surface area contributed by atoms with E-state index in [0.717, 1.165) is 16.9 Å². The van der Waals surface area contributed by atoms with Gasteiger partial charge in [0.1, 0.15) is 5.82 Å². The van der Waals surface area contributed by atoms with Gasteiger partial charge in [-0.25, -0.2) is 4.68 Å². The summed E-state index contributed by atoms with van der Waals surface area (Å²) in [6.45, 7) is 8.12. The molecule has 2 rings (SSSR count). The summed E-state index contributed by atoms with van der Waals surface area (Å²) in [7, 11) is 0. The number of benzene rings is 1. The average Bonchev–Trinajstić information content (AvgIpc) is 2.82. The van der Waals surface area contributed by atoms with Crippen LogP contribution in [0.25, 0.3) is 5.69 Å². The van der Waals surface area contributed by atoms with Gasteiger partial charge in [0.05, 0.1) is 17.3 Å². The van der Waals surface area contributed by atoms with Crippen molar-refractivity contribution in [3.63, 3.8) is 0 Å². The van der Waals surface area contributed by atoms with Gasteiger partial charge in [-0.1, -0.05) is 39.8 Å². The molecule has 126 valence electrons. The van der Waals surface area contributed by atoms with Crippen molar-refractivity contribution in [1.82, 2.24) is 9.78 Å². The number of nitrogens with two attached hydrogens (primary N) is 1. The molecule has 1 unspecified atom stereocenters. The van der Waals surface area contributed by atoms with Crippen molar-refractivity contribution < 1.29 is 9.90 Å². The van der Waals surface area contributed by atoms with Gasteiger partial charge in [0.2, 0.25) is 0 Å². The van der Waals surface area contributed by atoms with Crippen LogP contribution in [0, 0.1) is 0 Å². The predicted molar refractivity (Wildman–Crippen MR) is 94.6 cm³/mol. The summed E-state index contributed by atoms with van der Waals surface area (Å²) in [6, 6.07) is 9.25. The molecular formula is C17H24ClN3O2. The van der Waals surface area contributed by atoms with Crippen LogP contribution in [0.4, 0.5) is 5.82 Å². The normalized spacial score (nSPS) is 12.5. The molecule has 1 atom stereocenters. The minimum Gasteiger partial charge on any atom is -0.481 e. The lowest BCUT2D eigenvalue weighted by Gasteiger charge is -2.14. The summed E-state index contributed by atoms with van der Waals surface area (Å²) >= 11 is 0. The van der Waals surface area contributed by atoms with Gasteiger partial charge in [0.15, 0.2) is 0 Å². The summed E-state index contributed by atoms with van der Waals surface area (Å²) < 4.78 is 1.69. The van der Waals surface area contributed by atoms with Crippen LogP contribution in [-0.2, 0) is 10.2 Å². The molecule has 0 aliphatic rings. The third-order valence-corrected chi connectivity index (χ3v) is 3.75. The Labute approximate surface area is 142 Å². The molecule has 0 aliphatic carbocycles. The lowest BCUT2D eigenvalue weighted by molar-refractivity contribution is -0.138. The number of carboxylic acid groups (broad SMARTS) is 1. The van der Waals surface area contributed by atoms with E-state index in [1.807, 2.05) is 37.3 Å². The Morgan fingerprint density at radius 2 is 1.87 bits per heavy atom. The maximum Gasteiger partial charge on any atom is 0.310 e. The van der Waals surface area contributed by atoms with Crippen LogP contribution < -0.4 is 5.73 Å². The van der Waals surface area contributed by atoms with Gasteiger partial charge < -0.3 is 10.8 Å². The monoisotopic (exact) mass is 337 g/mol. The van der Waals surface area contributed by atoms with Gasteiger partial charge >= 0.3 is 5.97 Å². The molecule has 3 N–H and O–H groups in total. The van der Waals surface area contributed by atoms with E-state index in [1.54, 1.807) is 4.68 Å². The zero-order chi connectivity index (χ0) is 16.5. The zero-order valence-corrected chi connectivity index (χ0v) is 14.7. The molecule has 0 saturated heterocycles. The topological polar surface area (TPSA) is 81.1 Å². The molecule has 0 bridgehead atoms. The van der Waals surface area contributed by atoms with Crippen LogP contribution in [0.3, 0.4) is 0 Å². The Hall–Kier alpha value is -2.01. The Morgan fingerprint density at radius 3 is 2.26 bits per heavy atom. The SMILES string of the molecule is CCC(C(=O)O)c1ccc(-n2nc(C(C)(C)C)cc2N)cc1.Cl. The number of aliphatic carboxylic acids is 1. The number of aromatic nitrogens is 2. The Morgan fingerprint density at radius 1 is 1.30 bits per heavy atom. The van der Waals surface area contributed by atoms with E-state index in [0.29, 0.717) is 12.2 Å². The summed E-state index contributed by atoms with van der Waals surface area (Å²) in [4.78, 5) is 11.2. The second-order valence-corrected chi connectivity index (χ2v) is 6.51. The van der Waals surface area contributed by atoms with E-state index in [4.69, 9.17) is 5.73 Å². The molecule has 1 aromatic heterocycles. The number of rotatable bonds is 4. The van der Waals surface area contributed by atoms with Gasteiger partial charge in [-0.05, 0) is 24.1 Å². The smallest absolute Gasteiger partial charge is 0.310 e. The number of nitrogens with zero attached hydrogens (tertiary/aromatic N) is 2. The highest BCUT2D eigenvalue weighted by atomic mass is 35.5. The standard InChI is InChI=1S/C17H23N3O2.ClH/c1-5-13(16(21)22)11-6-8-12(9-7-11)20-15(18)10-14(19-20)17(2,3)4;/h6-10,13H,5,18H2,1-4H3,(H,21,22);1H. The molecule has 0 aliphatic heterocycles. The molecule has 1 aromatic carbocycles. The van der Waals surface area contributed by atoms with Crippen LogP contribution in [0.15, 0.2) is 30.3 Å². The molecule has 2 aromatic rings. The van der Waals surface area contributed by atoms with Gasteiger partial charge in [-0.15, -0.1) is 12.4 Å². The molecule has 6 heteroatoms. The van der Waals surface area contributed by atoms with E-state index in [1.165, 1.54) is 0 Å². The Kier molecular flexibility index (Phi) is 5.83. The third-order valence-electron chi connectivity index (χ3n) is 3.75. The largest absolute Gasteiger partial charge is 0.481 e. The first-order valence-electron chi connectivity index (χ1n) is 7.43. The van der Waals surface area contributed by atoms with Gasteiger partial charge in [-0.3, -0.25) is 4.79 Å². The Balaban J connectivity index is 0.00000264. The number of halogens is 1. The number of carbonyl (C=O) groups is 1. The zero-order valence-electron chi connectivity index (χ0n) is 13.9. The maximum atomic E-state index is 11.2. The van der Waals surface area contributed by atoms with Crippen molar-refractivity contribution in [1.29, 1.82) is 0 Å². The highest BCUT2D eigenvalue weighted by Gasteiger charge is 2.20. The molecule has 0 fully saturated rings. The van der Waals surface area contributed by atoms with Crippen LogP contribution in [0.2, 0.25) is 0 Å². The maximum absolute atomic E-state index is 11.2. The van der Waals surface area contributed by atoms with E-state index >= 15 is 0 Å². The first-order chi connectivity index (χ1) is 10.2. The Bertz CT molecular complexity index is 672. The molecular weight excluding hydrogens is 314 g/mol. The van der Waals surface area contributed by atoms with Crippen molar-refractivity contribution in [2.75, 3.05) is 5.73 Å². The molecule has 0 spiro atoms. The molecule has 0 radical (unpaired) electrons. The minimum atomic E-state index is -0.802. The van der Waals surface area contributed by atoms with Crippen molar-refractivity contribution in [2.45, 2.75) is 45.4 Å². The number of carboxylic acids is 1. The van der Waals surface area contributed by atoms with Crippen LogP contribution in [0.5, 0.6) is 0 Å². The van der Waals surface area contributed by atoms with Crippen LogP contribution >= 0.6 is 12.4 Å². The summed E-state index contributed by atoms with van der Waals surface area (Å²) in [5.74, 6) is -0.707. The number of hydrogen-bond donors (Lipinski definition) is 2. The van der Waals surface area contributed by atoms with Crippen molar-refractivity contribution >= 4 is 24.2 Å². The predicted octanol–water partition coefficient (Wildman–Crippen LogP) is 3.75. The second kappa shape index (κ2) is 7.04. The quantitative estimate of drug-likeness (QED) is 0.890. The second-order valence-electron chi connectivity index (χ2n) is 6.51. The average molecular weight is 338 g/mol. The van der Waals surface area contributed by atoms with Crippen molar-refractivity contribution in [3.05, 3.63) is 41.6 Å². The fourth-order valence-corrected chi connectivity index (χ4v) is 2.37. The summed E-state index contributed by atoms with van der Waals surface area (Å²) in [6.07, 6.45) is 0.562. The molecule has 23 heavy (non-hydrogen) atoms. The van der Waals surface area contributed by atoms with Gasteiger partial charge in [-0.2, -0.15) is 5.10 Å². The molecule has 5 nitrogen and oxygen atoms in total. The molecule has 0 saturated carbocycles. The first kappa shape index (κ1) is 19.0. The highest BCUT2D eigenvalue weighted by Crippen LogP contribution is 2.26. The summed E-state index contributed by atoms with van der Waals surface area (Å²) in [5.41, 5.74) is 8.52.